The Hall–Kier alpha value is -0.870. The highest BCUT2D eigenvalue weighted by Gasteiger charge is 2.23. The van der Waals surface area contributed by atoms with Crippen LogP contribution >= 0.6 is 0 Å². The zero-order chi connectivity index (χ0) is 11.5. The van der Waals surface area contributed by atoms with Crippen LogP contribution in [0, 0.1) is 5.92 Å². The molecule has 2 rings (SSSR count). The van der Waals surface area contributed by atoms with Crippen molar-refractivity contribution < 1.29 is 4.74 Å². The fraction of sp³-hybridized carbons (Fsp3) is 0.750. The Morgan fingerprint density at radius 2 is 2.44 bits per heavy atom. The van der Waals surface area contributed by atoms with E-state index in [0.717, 1.165) is 38.2 Å². The molecule has 0 aromatic carbocycles. The summed E-state index contributed by atoms with van der Waals surface area (Å²) in [5, 5.41) is 4.45. The van der Waals surface area contributed by atoms with E-state index in [1.165, 1.54) is 5.69 Å². The molecule has 0 radical (unpaired) electrons. The molecule has 0 aliphatic carbocycles. The molecule has 90 valence electrons. The minimum atomic E-state index is 0.272. The van der Waals surface area contributed by atoms with Gasteiger partial charge in [0.05, 0.1) is 12.3 Å². The third kappa shape index (κ3) is 2.44. The van der Waals surface area contributed by atoms with Gasteiger partial charge in [0.15, 0.2) is 0 Å². The van der Waals surface area contributed by atoms with Gasteiger partial charge in [0.1, 0.15) is 0 Å². The van der Waals surface area contributed by atoms with Crippen molar-refractivity contribution in [3.63, 3.8) is 0 Å². The average Bonchev–Trinajstić information content (AvgIpc) is 2.63. The molecule has 2 N–H and O–H groups in total. The molecule has 2 unspecified atom stereocenters. The van der Waals surface area contributed by atoms with Gasteiger partial charge >= 0.3 is 0 Å². The maximum Gasteiger partial charge on any atom is 0.0624 e. The molecule has 0 bridgehead atoms. The van der Waals surface area contributed by atoms with Gasteiger partial charge in [0, 0.05) is 31.3 Å². The average molecular weight is 223 g/mol. The Kier molecular flexibility index (Phi) is 3.61. The van der Waals surface area contributed by atoms with E-state index >= 15 is 0 Å². The van der Waals surface area contributed by atoms with Crippen molar-refractivity contribution in [2.75, 3.05) is 13.2 Å². The van der Waals surface area contributed by atoms with E-state index < -0.39 is 0 Å². The number of nitrogens with two attached hydrogens (primary N) is 1. The van der Waals surface area contributed by atoms with E-state index in [-0.39, 0.29) is 6.04 Å². The lowest BCUT2D eigenvalue weighted by Gasteiger charge is -2.28. The molecule has 4 nitrogen and oxygen atoms in total. The number of aromatic nitrogens is 2. The molecule has 2 heterocycles. The minimum absolute atomic E-state index is 0.272. The highest BCUT2D eigenvalue weighted by molar-refractivity contribution is 5.11. The fourth-order valence-corrected chi connectivity index (χ4v) is 2.23. The van der Waals surface area contributed by atoms with Gasteiger partial charge in [-0.2, -0.15) is 5.10 Å². The van der Waals surface area contributed by atoms with Crippen molar-refractivity contribution in [1.82, 2.24) is 9.78 Å². The Bertz CT molecular complexity index is 348. The lowest BCUT2D eigenvalue weighted by molar-refractivity contribution is 0.0416. The molecule has 2 atom stereocenters. The molecule has 1 fully saturated rings. The first-order chi connectivity index (χ1) is 7.70. The number of hydrogen-bond acceptors (Lipinski definition) is 3. The predicted octanol–water partition coefficient (Wildman–Crippen LogP) is 0.889. The predicted molar refractivity (Wildman–Crippen MR) is 63.2 cm³/mol. The van der Waals surface area contributed by atoms with Crippen LogP contribution < -0.4 is 5.73 Å². The van der Waals surface area contributed by atoms with Crippen molar-refractivity contribution >= 4 is 0 Å². The highest BCUT2D eigenvalue weighted by Crippen LogP contribution is 2.18. The molecule has 1 aliphatic rings. The zero-order valence-corrected chi connectivity index (χ0v) is 10.1. The van der Waals surface area contributed by atoms with Crippen LogP contribution in [0.15, 0.2) is 6.07 Å². The first-order valence-electron chi connectivity index (χ1n) is 6.05. The normalized spacial score (nSPS) is 25.9. The molecular formula is C12H21N3O. The van der Waals surface area contributed by atoms with Gasteiger partial charge in [0.2, 0.25) is 0 Å². The van der Waals surface area contributed by atoms with Crippen LogP contribution in [0.5, 0.6) is 0 Å². The second-order valence-corrected chi connectivity index (χ2v) is 4.60. The van der Waals surface area contributed by atoms with Gasteiger partial charge in [-0.15, -0.1) is 0 Å². The largest absolute Gasteiger partial charge is 0.381 e. The number of rotatable bonds is 3. The molecule has 16 heavy (non-hydrogen) atoms. The van der Waals surface area contributed by atoms with Gasteiger partial charge in [-0.25, -0.2) is 0 Å². The lowest BCUT2D eigenvalue weighted by Crippen LogP contribution is -2.40. The fourth-order valence-electron chi connectivity index (χ4n) is 2.23. The topological polar surface area (TPSA) is 53.1 Å². The quantitative estimate of drug-likeness (QED) is 0.828. The maximum atomic E-state index is 6.11. The third-order valence-corrected chi connectivity index (χ3v) is 3.39. The molecule has 1 saturated heterocycles. The van der Waals surface area contributed by atoms with Crippen LogP contribution in [0.3, 0.4) is 0 Å². The smallest absolute Gasteiger partial charge is 0.0624 e. The molecule has 1 aliphatic heterocycles. The summed E-state index contributed by atoms with van der Waals surface area (Å²) in [6.45, 7) is 3.72. The standard InChI is InChI=1S/C12H21N3O/c1-3-10-7-11(15(2)14-10)6-9-8-16-5-4-12(9)13/h7,9,12H,3-6,8,13H2,1-2H3. The third-order valence-electron chi connectivity index (χ3n) is 3.39. The second kappa shape index (κ2) is 4.97. The van der Waals surface area contributed by atoms with Gasteiger partial charge in [-0.1, -0.05) is 6.92 Å². The van der Waals surface area contributed by atoms with Crippen molar-refractivity contribution in [3.05, 3.63) is 17.5 Å². The van der Waals surface area contributed by atoms with E-state index in [0.29, 0.717) is 5.92 Å². The van der Waals surface area contributed by atoms with Gasteiger partial charge in [-0.3, -0.25) is 4.68 Å². The van der Waals surface area contributed by atoms with Crippen molar-refractivity contribution in [3.8, 4) is 0 Å². The monoisotopic (exact) mass is 223 g/mol. The minimum Gasteiger partial charge on any atom is -0.381 e. The summed E-state index contributed by atoms with van der Waals surface area (Å²) in [7, 11) is 2.00. The molecule has 0 saturated carbocycles. The van der Waals surface area contributed by atoms with E-state index in [4.69, 9.17) is 10.5 Å². The van der Waals surface area contributed by atoms with Gasteiger partial charge in [-0.05, 0) is 25.3 Å². The lowest BCUT2D eigenvalue weighted by atomic mass is 9.92. The zero-order valence-electron chi connectivity index (χ0n) is 10.1. The van der Waals surface area contributed by atoms with Crippen LogP contribution in [0.1, 0.15) is 24.7 Å². The van der Waals surface area contributed by atoms with E-state index in [1.807, 2.05) is 11.7 Å². The van der Waals surface area contributed by atoms with E-state index in [2.05, 4.69) is 18.1 Å². The molecule has 0 spiro atoms. The Morgan fingerprint density at radius 3 is 3.06 bits per heavy atom. The summed E-state index contributed by atoms with van der Waals surface area (Å²) in [4.78, 5) is 0. The first-order valence-corrected chi connectivity index (χ1v) is 6.05. The van der Waals surface area contributed by atoms with Crippen LogP contribution in [0.4, 0.5) is 0 Å². The molecule has 4 heteroatoms. The summed E-state index contributed by atoms with van der Waals surface area (Å²) in [5.74, 6) is 0.439. The Morgan fingerprint density at radius 1 is 1.62 bits per heavy atom. The first kappa shape index (κ1) is 11.6. The van der Waals surface area contributed by atoms with Gasteiger partial charge < -0.3 is 10.5 Å². The summed E-state index contributed by atoms with van der Waals surface area (Å²) in [6, 6.07) is 2.45. The van der Waals surface area contributed by atoms with Crippen molar-refractivity contribution in [2.24, 2.45) is 18.7 Å². The van der Waals surface area contributed by atoms with Crippen LogP contribution in [-0.4, -0.2) is 29.0 Å². The molecular weight excluding hydrogens is 202 g/mol. The summed E-state index contributed by atoms with van der Waals surface area (Å²) in [5.41, 5.74) is 8.53. The Labute approximate surface area is 96.8 Å². The second-order valence-electron chi connectivity index (χ2n) is 4.60. The SMILES string of the molecule is CCc1cc(CC2COCCC2N)n(C)n1. The van der Waals surface area contributed by atoms with Crippen molar-refractivity contribution in [2.45, 2.75) is 32.2 Å². The summed E-state index contributed by atoms with van der Waals surface area (Å²) >= 11 is 0. The molecule has 0 amide bonds. The molecule has 1 aromatic rings. The van der Waals surface area contributed by atoms with Crippen molar-refractivity contribution in [1.29, 1.82) is 0 Å². The number of hydrogen-bond donors (Lipinski definition) is 1. The summed E-state index contributed by atoms with van der Waals surface area (Å²) < 4.78 is 7.46. The number of aryl methyl sites for hydroxylation is 2. The van der Waals surface area contributed by atoms with Crippen LogP contribution in [0.25, 0.3) is 0 Å². The molecule has 1 aromatic heterocycles. The van der Waals surface area contributed by atoms with Crippen LogP contribution in [-0.2, 0) is 24.6 Å². The maximum absolute atomic E-state index is 6.11. The van der Waals surface area contributed by atoms with E-state index in [9.17, 15) is 0 Å². The number of nitrogens with zero attached hydrogens (tertiary/aromatic N) is 2. The number of ether oxygens (including phenoxy) is 1. The van der Waals surface area contributed by atoms with E-state index in [1.54, 1.807) is 0 Å². The summed E-state index contributed by atoms with van der Waals surface area (Å²) in [6.07, 6.45) is 2.94. The van der Waals surface area contributed by atoms with Crippen LogP contribution in [0.2, 0.25) is 0 Å². The Balaban J connectivity index is 2.04. The van der Waals surface area contributed by atoms with Gasteiger partial charge in [0.25, 0.3) is 0 Å². The highest BCUT2D eigenvalue weighted by atomic mass is 16.5.